The average Bonchev–Trinajstić information content (AvgIpc) is 2.44. The minimum absolute atomic E-state index is 0.175. The first-order valence-electron chi connectivity index (χ1n) is 7.35. The zero-order chi connectivity index (χ0) is 15.9. The van der Waals surface area contributed by atoms with Crippen molar-refractivity contribution in [2.75, 3.05) is 36.4 Å². The Balaban J connectivity index is 1.72. The van der Waals surface area contributed by atoms with Gasteiger partial charge in [-0.05, 0) is 20.8 Å². The van der Waals surface area contributed by atoms with Crippen LogP contribution in [0.3, 0.4) is 0 Å². The third kappa shape index (κ3) is 3.04. The number of piperazine rings is 1. The molecule has 120 valence electrons. The third-order valence-corrected chi connectivity index (χ3v) is 3.88. The normalized spacial score (nSPS) is 20.8. The van der Waals surface area contributed by atoms with Crippen LogP contribution in [0.4, 0.5) is 16.3 Å². The molecule has 1 fully saturated rings. The van der Waals surface area contributed by atoms with Crippen LogP contribution in [-0.2, 0) is 4.74 Å². The molecule has 1 unspecified atom stereocenters. The Morgan fingerprint density at radius 1 is 1.41 bits per heavy atom. The van der Waals surface area contributed by atoms with Gasteiger partial charge in [0, 0.05) is 32.2 Å². The van der Waals surface area contributed by atoms with E-state index in [0.717, 1.165) is 18.1 Å². The molecule has 2 aliphatic rings. The summed E-state index contributed by atoms with van der Waals surface area (Å²) in [6, 6.07) is 1.99. The average molecular weight is 326 g/mol. The Hall–Kier alpha value is -1.76. The highest BCUT2D eigenvalue weighted by Crippen LogP contribution is 2.32. The van der Waals surface area contributed by atoms with Gasteiger partial charge in [0.05, 0.1) is 11.7 Å². The molecule has 8 heteroatoms. The molecule has 1 N–H and O–H groups in total. The van der Waals surface area contributed by atoms with Crippen molar-refractivity contribution >= 4 is 29.2 Å². The van der Waals surface area contributed by atoms with Crippen LogP contribution in [-0.4, -0.2) is 59.0 Å². The van der Waals surface area contributed by atoms with E-state index in [2.05, 4.69) is 20.4 Å². The monoisotopic (exact) mass is 325 g/mol. The molecule has 1 saturated heterocycles. The minimum Gasteiger partial charge on any atom is -0.444 e. The third-order valence-electron chi connectivity index (χ3n) is 3.69. The van der Waals surface area contributed by atoms with E-state index >= 15 is 0 Å². The molecule has 2 aliphatic heterocycles. The molecular weight excluding hydrogens is 306 g/mol. The number of aromatic nitrogens is 2. The summed E-state index contributed by atoms with van der Waals surface area (Å²) >= 11 is 5.95. The number of hydrogen-bond donors (Lipinski definition) is 1. The summed E-state index contributed by atoms with van der Waals surface area (Å²) in [5.41, 5.74) is 0.467. The highest BCUT2D eigenvalue weighted by molar-refractivity contribution is 6.29. The van der Waals surface area contributed by atoms with Crippen molar-refractivity contribution < 1.29 is 9.53 Å². The van der Waals surface area contributed by atoms with Crippen LogP contribution in [0.5, 0.6) is 0 Å². The molecule has 1 aromatic rings. The summed E-state index contributed by atoms with van der Waals surface area (Å²) in [6.45, 7) is 8.29. The van der Waals surface area contributed by atoms with Crippen LogP contribution >= 0.6 is 11.6 Å². The van der Waals surface area contributed by atoms with Gasteiger partial charge in [0.1, 0.15) is 5.60 Å². The summed E-state index contributed by atoms with van der Waals surface area (Å²) in [7, 11) is 0. The highest BCUT2D eigenvalue weighted by atomic mass is 35.5. The lowest BCUT2D eigenvalue weighted by Crippen LogP contribution is -2.59. The lowest BCUT2D eigenvalue weighted by Gasteiger charge is -2.45. The van der Waals surface area contributed by atoms with Crippen molar-refractivity contribution in [1.29, 1.82) is 0 Å². The van der Waals surface area contributed by atoms with Crippen molar-refractivity contribution in [2.24, 2.45) is 0 Å². The predicted molar refractivity (Wildman–Crippen MR) is 84.5 cm³/mol. The van der Waals surface area contributed by atoms with Crippen LogP contribution in [0.15, 0.2) is 6.07 Å². The lowest BCUT2D eigenvalue weighted by molar-refractivity contribution is 0.0216. The lowest BCUT2D eigenvalue weighted by atomic mass is 10.1. The maximum atomic E-state index is 12.2. The van der Waals surface area contributed by atoms with Gasteiger partial charge in [0.15, 0.2) is 11.0 Å². The van der Waals surface area contributed by atoms with E-state index < -0.39 is 5.60 Å². The van der Waals surface area contributed by atoms with Gasteiger partial charge in [-0.1, -0.05) is 11.6 Å². The number of carbonyl (C=O) groups excluding carboxylic acids is 1. The molecule has 0 bridgehead atoms. The Labute approximate surface area is 134 Å². The van der Waals surface area contributed by atoms with Crippen molar-refractivity contribution in [3.8, 4) is 0 Å². The van der Waals surface area contributed by atoms with Gasteiger partial charge in [0.2, 0.25) is 0 Å². The Kier molecular flexibility index (Phi) is 3.76. The predicted octanol–water partition coefficient (Wildman–Crippen LogP) is 1.98. The molecular formula is C14H20ClN5O2. The summed E-state index contributed by atoms with van der Waals surface area (Å²) in [5, 5.41) is 11.5. The fourth-order valence-electron chi connectivity index (χ4n) is 2.76. The largest absolute Gasteiger partial charge is 0.444 e. The molecule has 22 heavy (non-hydrogen) atoms. The second-order valence-corrected chi connectivity index (χ2v) is 6.94. The number of nitrogens with one attached hydrogen (secondary N) is 1. The number of fused-ring (bicyclic) bond motifs is 3. The van der Waals surface area contributed by atoms with Crippen LogP contribution < -0.4 is 10.2 Å². The number of nitrogens with zero attached hydrogens (tertiary/aromatic N) is 4. The van der Waals surface area contributed by atoms with Gasteiger partial charge >= 0.3 is 6.09 Å². The second-order valence-electron chi connectivity index (χ2n) is 6.56. The van der Waals surface area contributed by atoms with Crippen molar-refractivity contribution in [1.82, 2.24) is 15.1 Å². The molecule has 3 heterocycles. The van der Waals surface area contributed by atoms with Crippen molar-refractivity contribution in [3.05, 3.63) is 11.2 Å². The van der Waals surface area contributed by atoms with Crippen LogP contribution in [0, 0.1) is 0 Å². The Bertz CT molecular complexity index is 589. The molecule has 1 aromatic heterocycles. The summed E-state index contributed by atoms with van der Waals surface area (Å²) in [4.78, 5) is 16.2. The number of carbonyl (C=O) groups is 1. The quantitative estimate of drug-likeness (QED) is 0.786. The smallest absolute Gasteiger partial charge is 0.410 e. The zero-order valence-electron chi connectivity index (χ0n) is 13.0. The highest BCUT2D eigenvalue weighted by Gasteiger charge is 2.35. The SMILES string of the molecule is CC(C)(C)OC(=O)N1CCN2c3cc(Cl)nnc3NCC2C1. The van der Waals surface area contributed by atoms with E-state index in [1.807, 2.05) is 26.8 Å². The van der Waals surface area contributed by atoms with Gasteiger partial charge in [0.25, 0.3) is 0 Å². The van der Waals surface area contributed by atoms with Crippen LogP contribution in [0.1, 0.15) is 20.8 Å². The van der Waals surface area contributed by atoms with E-state index in [0.29, 0.717) is 24.8 Å². The number of amides is 1. The Morgan fingerprint density at radius 3 is 2.91 bits per heavy atom. The number of rotatable bonds is 0. The number of hydrogen-bond acceptors (Lipinski definition) is 6. The fourth-order valence-corrected chi connectivity index (χ4v) is 2.90. The zero-order valence-corrected chi connectivity index (χ0v) is 13.7. The topological polar surface area (TPSA) is 70.6 Å². The Morgan fingerprint density at radius 2 is 2.18 bits per heavy atom. The first-order valence-corrected chi connectivity index (χ1v) is 7.73. The van der Waals surface area contributed by atoms with Gasteiger partial charge in [-0.2, -0.15) is 0 Å². The molecule has 1 atom stereocenters. The van der Waals surface area contributed by atoms with E-state index in [1.54, 1.807) is 4.90 Å². The van der Waals surface area contributed by atoms with E-state index in [9.17, 15) is 4.79 Å². The molecule has 1 amide bonds. The minimum atomic E-state index is -0.477. The van der Waals surface area contributed by atoms with E-state index in [-0.39, 0.29) is 12.1 Å². The summed E-state index contributed by atoms with van der Waals surface area (Å²) in [5.74, 6) is 0.742. The van der Waals surface area contributed by atoms with E-state index in [1.165, 1.54) is 0 Å². The second kappa shape index (κ2) is 5.46. The van der Waals surface area contributed by atoms with E-state index in [4.69, 9.17) is 16.3 Å². The molecule has 0 aromatic carbocycles. The maximum Gasteiger partial charge on any atom is 0.410 e. The fraction of sp³-hybridized carbons (Fsp3) is 0.643. The first-order chi connectivity index (χ1) is 10.3. The maximum absolute atomic E-state index is 12.2. The van der Waals surface area contributed by atoms with Gasteiger partial charge in [-0.25, -0.2) is 4.79 Å². The standard InChI is InChI=1S/C14H20ClN5O2/c1-14(2,3)22-13(21)19-4-5-20-9(8-19)7-16-12-10(20)6-11(15)17-18-12/h6,9H,4-5,7-8H2,1-3H3,(H,16,18). The summed E-state index contributed by atoms with van der Waals surface area (Å²) in [6.07, 6.45) is -0.260. The van der Waals surface area contributed by atoms with Gasteiger partial charge < -0.3 is 19.9 Å². The number of anilines is 2. The van der Waals surface area contributed by atoms with Crippen LogP contribution in [0.25, 0.3) is 0 Å². The first kappa shape index (κ1) is 15.1. The van der Waals surface area contributed by atoms with Crippen molar-refractivity contribution in [3.63, 3.8) is 0 Å². The molecule has 0 saturated carbocycles. The van der Waals surface area contributed by atoms with Gasteiger partial charge in [-0.15, -0.1) is 10.2 Å². The molecule has 0 aliphatic carbocycles. The molecule has 0 radical (unpaired) electrons. The number of ether oxygens (including phenoxy) is 1. The summed E-state index contributed by atoms with van der Waals surface area (Å²) < 4.78 is 5.45. The molecule has 7 nitrogen and oxygen atoms in total. The van der Waals surface area contributed by atoms with Gasteiger partial charge in [-0.3, -0.25) is 0 Å². The number of halogens is 1. The van der Waals surface area contributed by atoms with Crippen LogP contribution in [0.2, 0.25) is 5.15 Å². The molecule has 0 spiro atoms. The van der Waals surface area contributed by atoms with Crippen molar-refractivity contribution in [2.45, 2.75) is 32.4 Å². The molecule has 3 rings (SSSR count).